The summed E-state index contributed by atoms with van der Waals surface area (Å²) in [6.07, 6.45) is 3.11. The van der Waals surface area contributed by atoms with Crippen LogP contribution in [0.5, 0.6) is 5.88 Å². The number of nitrogens with zero attached hydrogens (tertiary/aromatic N) is 3. The molecule has 0 bridgehead atoms. The highest BCUT2D eigenvalue weighted by Gasteiger charge is 2.27. The third-order valence-electron chi connectivity index (χ3n) is 4.15. The third kappa shape index (κ3) is 3.63. The summed E-state index contributed by atoms with van der Waals surface area (Å²) < 4.78 is 30.8. The second-order valence-electron chi connectivity index (χ2n) is 5.91. The molecule has 0 aliphatic carbocycles. The van der Waals surface area contributed by atoms with Crippen molar-refractivity contribution in [2.24, 2.45) is 0 Å². The molecule has 0 radical (unpaired) electrons. The first-order valence-corrected chi connectivity index (χ1v) is 10.2. The van der Waals surface area contributed by atoms with Crippen LogP contribution < -0.4 is 4.74 Å². The Morgan fingerprint density at radius 1 is 1.29 bits per heavy atom. The number of fused-ring (bicyclic) bond motifs is 1. The summed E-state index contributed by atoms with van der Waals surface area (Å²) in [6, 6.07) is 5.53. The second kappa shape index (κ2) is 6.82. The number of sulfonamides is 1. The Hall–Kier alpha value is -1.44. The molecule has 1 fully saturated rings. The van der Waals surface area contributed by atoms with Crippen LogP contribution in [-0.4, -0.2) is 48.1 Å². The van der Waals surface area contributed by atoms with Crippen LogP contribution in [-0.2, 0) is 16.4 Å². The quantitative estimate of drug-likeness (QED) is 0.828. The van der Waals surface area contributed by atoms with E-state index in [1.807, 2.05) is 19.1 Å². The molecule has 1 saturated heterocycles. The first kappa shape index (κ1) is 17.4. The summed E-state index contributed by atoms with van der Waals surface area (Å²) in [4.78, 5) is 8.98. The minimum absolute atomic E-state index is 0.0814. The van der Waals surface area contributed by atoms with Crippen molar-refractivity contribution >= 4 is 32.5 Å². The number of halogens is 1. The standard InChI is InChI=1S/C16H20ClN3O3S/c1-3-14-18-13-6-4-5-12(17)15(13)16(19-14)23-11-7-9-20(10-8-11)24(2,21)22/h4-6,11H,3,7-10H2,1-2H3. The Kier molecular flexibility index (Phi) is 4.94. The van der Waals surface area contributed by atoms with Crippen LogP contribution in [0.2, 0.25) is 5.02 Å². The summed E-state index contributed by atoms with van der Waals surface area (Å²) >= 11 is 6.31. The first-order valence-electron chi connectivity index (χ1n) is 7.95. The molecular weight excluding hydrogens is 350 g/mol. The maximum absolute atomic E-state index is 11.6. The molecule has 130 valence electrons. The lowest BCUT2D eigenvalue weighted by Crippen LogP contribution is -2.41. The van der Waals surface area contributed by atoms with E-state index >= 15 is 0 Å². The maximum atomic E-state index is 11.6. The molecule has 0 N–H and O–H groups in total. The van der Waals surface area contributed by atoms with E-state index in [-0.39, 0.29) is 6.10 Å². The van der Waals surface area contributed by atoms with Gasteiger partial charge in [0.15, 0.2) is 0 Å². The van der Waals surface area contributed by atoms with Gasteiger partial charge in [0, 0.05) is 19.5 Å². The van der Waals surface area contributed by atoms with E-state index in [0.717, 1.165) is 5.52 Å². The lowest BCUT2D eigenvalue weighted by atomic mass is 10.1. The van der Waals surface area contributed by atoms with Crippen LogP contribution in [0, 0.1) is 0 Å². The molecule has 1 aromatic carbocycles. The van der Waals surface area contributed by atoms with E-state index in [9.17, 15) is 8.42 Å². The fourth-order valence-electron chi connectivity index (χ4n) is 2.84. The number of piperidine rings is 1. The molecule has 0 unspecified atom stereocenters. The van der Waals surface area contributed by atoms with Crippen molar-refractivity contribution in [3.63, 3.8) is 0 Å². The van der Waals surface area contributed by atoms with Gasteiger partial charge in [-0.1, -0.05) is 24.6 Å². The van der Waals surface area contributed by atoms with Crippen LogP contribution in [0.25, 0.3) is 10.9 Å². The average molecular weight is 370 g/mol. The number of ether oxygens (including phenoxy) is 1. The van der Waals surface area contributed by atoms with E-state index in [1.165, 1.54) is 10.6 Å². The smallest absolute Gasteiger partial charge is 0.226 e. The molecule has 1 aliphatic heterocycles. The molecule has 2 aromatic rings. The van der Waals surface area contributed by atoms with E-state index in [4.69, 9.17) is 16.3 Å². The minimum Gasteiger partial charge on any atom is -0.474 e. The monoisotopic (exact) mass is 369 g/mol. The lowest BCUT2D eigenvalue weighted by Gasteiger charge is -2.30. The van der Waals surface area contributed by atoms with Crippen molar-refractivity contribution in [3.8, 4) is 5.88 Å². The Balaban J connectivity index is 1.85. The van der Waals surface area contributed by atoms with Gasteiger partial charge in [-0.15, -0.1) is 0 Å². The molecule has 1 aromatic heterocycles. The SMILES string of the molecule is CCc1nc(OC2CCN(S(C)(=O)=O)CC2)c2c(Cl)cccc2n1. The molecule has 0 atom stereocenters. The second-order valence-corrected chi connectivity index (χ2v) is 8.30. The fourth-order valence-corrected chi connectivity index (χ4v) is 3.96. The Morgan fingerprint density at radius 3 is 2.62 bits per heavy atom. The highest BCUT2D eigenvalue weighted by atomic mass is 35.5. The number of aryl methyl sites for hydroxylation is 1. The van der Waals surface area contributed by atoms with Gasteiger partial charge in [0.25, 0.3) is 0 Å². The molecule has 0 saturated carbocycles. The highest BCUT2D eigenvalue weighted by Crippen LogP contribution is 2.31. The first-order chi connectivity index (χ1) is 11.4. The summed E-state index contributed by atoms with van der Waals surface area (Å²) in [7, 11) is -3.14. The molecular formula is C16H20ClN3O3S. The zero-order chi connectivity index (χ0) is 17.3. The van der Waals surface area contributed by atoms with Gasteiger partial charge in [0.2, 0.25) is 15.9 Å². The van der Waals surface area contributed by atoms with Crippen molar-refractivity contribution < 1.29 is 13.2 Å². The van der Waals surface area contributed by atoms with E-state index in [2.05, 4.69) is 9.97 Å². The summed E-state index contributed by atoms with van der Waals surface area (Å²) in [5.41, 5.74) is 0.762. The van der Waals surface area contributed by atoms with E-state index < -0.39 is 10.0 Å². The van der Waals surface area contributed by atoms with Crippen molar-refractivity contribution in [1.82, 2.24) is 14.3 Å². The van der Waals surface area contributed by atoms with Gasteiger partial charge in [-0.3, -0.25) is 0 Å². The molecule has 8 heteroatoms. The van der Waals surface area contributed by atoms with Gasteiger partial charge in [-0.2, -0.15) is 4.98 Å². The highest BCUT2D eigenvalue weighted by molar-refractivity contribution is 7.88. The Labute approximate surface area is 146 Å². The van der Waals surface area contributed by atoms with Crippen LogP contribution in [0.15, 0.2) is 18.2 Å². The third-order valence-corrected chi connectivity index (χ3v) is 5.77. The van der Waals surface area contributed by atoms with E-state index in [1.54, 1.807) is 6.07 Å². The van der Waals surface area contributed by atoms with Gasteiger partial charge in [-0.25, -0.2) is 17.7 Å². The average Bonchev–Trinajstić information content (AvgIpc) is 2.54. The molecule has 0 spiro atoms. The molecule has 6 nitrogen and oxygen atoms in total. The number of rotatable bonds is 4. The fraction of sp³-hybridized carbons (Fsp3) is 0.500. The van der Waals surface area contributed by atoms with Gasteiger partial charge in [0.05, 0.1) is 22.2 Å². The van der Waals surface area contributed by atoms with Gasteiger partial charge < -0.3 is 4.74 Å². The van der Waals surface area contributed by atoms with Crippen LogP contribution in [0.4, 0.5) is 0 Å². The molecule has 2 heterocycles. The summed E-state index contributed by atoms with van der Waals surface area (Å²) in [5.74, 6) is 1.19. The summed E-state index contributed by atoms with van der Waals surface area (Å²) in [6.45, 7) is 2.90. The van der Waals surface area contributed by atoms with Gasteiger partial charge in [0.1, 0.15) is 11.9 Å². The zero-order valence-electron chi connectivity index (χ0n) is 13.7. The lowest BCUT2D eigenvalue weighted by molar-refractivity contribution is 0.131. The number of hydrogen-bond donors (Lipinski definition) is 0. The zero-order valence-corrected chi connectivity index (χ0v) is 15.3. The molecule has 3 rings (SSSR count). The number of benzene rings is 1. The molecule has 0 amide bonds. The Morgan fingerprint density at radius 2 is 2.00 bits per heavy atom. The minimum atomic E-state index is -3.14. The predicted molar refractivity (Wildman–Crippen MR) is 94.0 cm³/mol. The summed E-state index contributed by atoms with van der Waals surface area (Å²) in [5, 5.41) is 1.26. The van der Waals surface area contributed by atoms with Gasteiger partial charge >= 0.3 is 0 Å². The van der Waals surface area contributed by atoms with Gasteiger partial charge in [-0.05, 0) is 25.0 Å². The molecule has 1 aliphatic rings. The van der Waals surface area contributed by atoms with Crippen LogP contribution in [0.1, 0.15) is 25.6 Å². The number of aromatic nitrogens is 2. The predicted octanol–water partition coefficient (Wildman–Crippen LogP) is 2.65. The normalized spacial score (nSPS) is 17.3. The largest absolute Gasteiger partial charge is 0.474 e. The number of hydrogen-bond acceptors (Lipinski definition) is 5. The van der Waals surface area contributed by atoms with Crippen molar-refractivity contribution in [3.05, 3.63) is 29.0 Å². The Bertz CT molecular complexity index is 849. The maximum Gasteiger partial charge on any atom is 0.226 e. The van der Waals surface area contributed by atoms with Crippen molar-refractivity contribution in [2.45, 2.75) is 32.3 Å². The van der Waals surface area contributed by atoms with Crippen molar-refractivity contribution in [1.29, 1.82) is 0 Å². The van der Waals surface area contributed by atoms with Crippen LogP contribution >= 0.6 is 11.6 Å². The topological polar surface area (TPSA) is 72.4 Å². The van der Waals surface area contributed by atoms with E-state index in [0.29, 0.717) is 54.5 Å². The van der Waals surface area contributed by atoms with Crippen molar-refractivity contribution in [2.75, 3.05) is 19.3 Å². The molecule has 24 heavy (non-hydrogen) atoms. The van der Waals surface area contributed by atoms with Crippen LogP contribution in [0.3, 0.4) is 0 Å².